The standard InChI is InChI=1S/C6H13O9P.2K/c7-2-6(10)5(9)4(8)3(15-6)1-14-16(11,12)13;;/h3-5,7-10H,1-2H2,(H2,11,12,13);;/t3-,4-,5+,6?;;/m1../s1. The summed E-state index contributed by atoms with van der Waals surface area (Å²) in [6.07, 6.45) is -4.76. The molecule has 1 rings (SSSR count). The summed E-state index contributed by atoms with van der Waals surface area (Å²) in [5.74, 6) is -2.36. The molecule has 6 N–H and O–H groups in total. The Hall–Kier alpha value is 3.18. The van der Waals surface area contributed by atoms with Crippen molar-refractivity contribution < 1.29 is 44.0 Å². The summed E-state index contributed by atoms with van der Waals surface area (Å²) in [6.45, 7) is -1.71. The van der Waals surface area contributed by atoms with E-state index in [9.17, 15) is 19.9 Å². The van der Waals surface area contributed by atoms with Gasteiger partial charge in [0.05, 0.1) is 13.2 Å². The summed E-state index contributed by atoms with van der Waals surface area (Å²) >= 11 is 0. The number of aliphatic hydroxyl groups is 4. The van der Waals surface area contributed by atoms with Crippen molar-refractivity contribution in [2.24, 2.45) is 0 Å². The molecule has 0 bridgehead atoms. The second kappa shape index (κ2) is 9.35. The molecule has 4 atom stereocenters. The molecule has 0 amide bonds. The first-order valence-electron chi connectivity index (χ1n) is 4.27. The molecule has 0 saturated carbocycles. The van der Waals surface area contributed by atoms with E-state index in [1.807, 2.05) is 0 Å². The molecule has 1 fully saturated rings. The van der Waals surface area contributed by atoms with E-state index in [2.05, 4.69) is 9.26 Å². The van der Waals surface area contributed by atoms with Crippen LogP contribution >= 0.6 is 7.82 Å². The normalized spacial score (nSPS) is 35.8. The summed E-state index contributed by atoms with van der Waals surface area (Å²) in [5.41, 5.74) is 0. The predicted molar refractivity (Wildman–Crippen MR) is 58.4 cm³/mol. The van der Waals surface area contributed by atoms with Crippen LogP contribution in [0.15, 0.2) is 0 Å². The number of ether oxygens (including phenoxy) is 1. The molecule has 98 valence electrons. The van der Waals surface area contributed by atoms with Gasteiger partial charge in [-0.3, -0.25) is 4.52 Å². The molecular formula is C6H13K2O9P. The summed E-state index contributed by atoms with van der Waals surface area (Å²) < 4.78 is 19.1. The van der Waals surface area contributed by atoms with Crippen molar-refractivity contribution in [2.75, 3.05) is 13.2 Å². The molecular weight excluding hydrogens is 325 g/mol. The van der Waals surface area contributed by atoms with Crippen molar-refractivity contribution in [3.63, 3.8) is 0 Å². The van der Waals surface area contributed by atoms with Crippen LogP contribution < -0.4 is 0 Å². The molecule has 2 radical (unpaired) electrons. The Morgan fingerprint density at radius 1 is 1.28 bits per heavy atom. The molecule has 18 heavy (non-hydrogen) atoms. The Morgan fingerprint density at radius 2 is 1.78 bits per heavy atom. The zero-order chi connectivity index (χ0) is 12.6. The van der Waals surface area contributed by atoms with E-state index in [0.29, 0.717) is 0 Å². The maximum atomic E-state index is 10.4. The molecule has 1 aliphatic rings. The SMILES string of the molecule is O=P(O)(O)OC[C@H]1OC(O)(CO)[C@@H](O)[C@@H]1O.[K].[K]. The van der Waals surface area contributed by atoms with Gasteiger partial charge in [-0.2, -0.15) is 0 Å². The maximum absolute atomic E-state index is 10.4. The van der Waals surface area contributed by atoms with Gasteiger partial charge in [-0.1, -0.05) is 0 Å². The average Bonchev–Trinajstić information content (AvgIpc) is 2.40. The molecule has 1 unspecified atom stereocenters. The van der Waals surface area contributed by atoms with Crippen LogP contribution in [0.1, 0.15) is 0 Å². The van der Waals surface area contributed by atoms with Crippen LogP contribution in [-0.4, -0.2) is 170 Å². The topological polar surface area (TPSA) is 157 Å². The maximum Gasteiger partial charge on any atom is 0.469 e. The van der Waals surface area contributed by atoms with Crippen molar-refractivity contribution in [2.45, 2.75) is 24.1 Å². The van der Waals surface area contributed by atoms with E-state index in [1.165, 1.54) is 0 Å². The van der Waals surface area contributed by atoms with Crippen molar-refractivity contribution in [3.8, 4) is 0 Å². The van der Waals surface area contributed by atoms with Crippen LogP contribution in [-0.2, 0) is 13.8 Å². The van der Waals surface area contributed by atoms with Crippen molar-refractivity contribution >= 4 is 111 Å². The van der Waals surface area contributed by atoms with Crippen LogP contribution in [0.25, 0.3) is 0 Å². The first-order valence-corrected chi connectivity index (χ1v) is 5.80. The van der Waals surface area contributed by atoms with Gasteiger partial charge in [0.2, 0.25) is 5.79 Å². The Morgan fingerprint density at radius 3 is 2.11 bits per heavy atom. The van der Waals surface area contributed by atoms with E-state index in [-0.39, 0.29) is 103 Å². The Labute approximate surface area is 188 Å². The second-order valence-corrected chi connectivity index (χ2v) is 4.62. The first kappa shape index (κ1) is 23.4. The number of phosphoric acid groups is 1. The predicted octanol–water partition coefficient (Wildman–Crippen LogP) is -3.86. The van der Waals surface area contributed by atoms with Gasteiger partial charge in [0, 0.05) is 103 Å². The van der Waals surface area contributed by atoms with Crippen LogP contribution in [0.3, 0.4) is 0 Å². The third-order valence-electron chi connectivity index (χ3n) is 2.16. The number of aliphatic hydroxyl groups excluding tert-OH is 3. The van der Waals surface area contributed by atoms with E-state index in [0.717, 1.165) is 0 Å². The minimum Gasteiger partial charge on any atom is -0.391 e. The molecule has 0 aliphatic carbocycles. The average molecular weight is 338 g/mol. The van der Waals surface area contributed by atoms with E-state index in [1.54, 1.807) is 0 Å². The molecule has 1 heterocycles. The molecule has 12 heteroatoms. The van der Waals surface area contributed by atoms with Gasteiger partial charge in [-0.25, -0.2) is 4.57 Å². The van der Waals surface area contributed by atoms with Crippen LogP contribution in [0.2, 0.25) is 0 Å². The van der Waals surface area contributed by atoms with Crippen LogP contribution in [0.5, 0.6) is 0 Å². The Kier molecular flexibility index (Phi) is 12.2. The zero-order valence-electron chi connectivity index (χ0n) is 10.0. The summed E-state index contributed by atoms with van der Waals surface area (Å²) in [5, 5.41) is 36.7. The monoisotopic (exact) mass is 338 g/mol. The molecule has 1 aliphatic heterocycles. The van der Waals surface area contributed by atoms with E-state index in [4.69, 9.17) is 14.9 Å². The fourth-order valence-corrected chi connectivity index (χ4v) is 1.65. The van der Waals surface area contributed by atoms with Crippen LogP contribution in [0.4, 0.5) is 0 Å². The molecule has 0 aromatic rings. The van der Waals surface area contributed by atoms with Gasteiger partial charge in [-0.05, 0) is 0 Å². The van der Waals surface area contributed by atoms with Gasteiger partial charge >= 0.3 is 7.82 Å². The molecule has 0 spiro atoms. The van der Waals surface area contributed by atoms with E-state index < -0.39 is 45.1 Å². The van der Waals surface area contributed by atoms with Gasteiger partial charge in [-0.15, -0.1) is 0 Å². The number of rotatable bonds is 4. The quantitative estimate of drug-likeness (QED) is 0.223. The Balaban J connectivity index is 0. The third kappa shape index (κ3) is 6.52. The Bertz CT molecular complexity index is 299. The number of hydrogen-bond acceptors (Lipinski definition) is 7. The summed E-state index contributed by atoms with van der Waals surface area (Å²) in [7, 11) is -4.73. The minimum absolute atomic E-state index is 0. The zero-order valence-corrected chi connectivity index (χ0v) is 17.1. The summed E-state index contributed by atoms with van der Waals surface area (Å²) in [6, 6.07) is 0. The van der Waals surface area contributed by atoms with Crippen molar-refractivity contribution in [1.29, 1.82) is 0 Å². The molecule has 0 aromatic heterocycles. The van der Waals surface area contributed by atoms with Gasteiger partial charge < -0.3 is 34.9 Å². The number of hydrogen-bond donors (Lipinski definition) is 6. The molecule has 9 nitrogen and oxygen atoms in total. The first-order chi connectivity index (χ1) is 7.19. The third-order valence-corrected chi connectivity index (χ3v) is 2.64. The summed E-state index contributed by atoms with van der Waals surface area (Å²) in [4.78, 5) is 16.8. The van der Waals surface area contributed by atoms with Crippen molar-refractivity contribution in [3.05, 3.63) is 0 Å². The van der Waals surface area contributed by atoms with Gasteiger partial charge in [0.1, 0.15) is 18.3 Å². The minimum atomic E-state index is -4.73. The van der Waals surface area contributed by atoms with E-state index >= 15 is 0 Å². The van der Waals surface area contributed by atoms with Crippen molar-refractivity contribution in [1.82, 2.24) is 0 Å². The second-order valence-electron chi connectivity index (χ2n) is 3.38. The largest absolute Gasteiger partial charge is 0.469 e. The molecule has 1 saturated heterocycles. The smallest absolute Gasteiger partial charge is 0.391 e. The fourth-order valence-electron chi connectivity index (χ4n) is 1.31. The fraction of sp³-hybridized carbons (Fsp3) is 1.00. The van der Waals surface area contributed by atoms with Gasteiger partial charge in [0.15, 0.2) is 0 Å². The molecule has 0 aromatic carbocycles. The van der Waals surface area contributed by atoms with Crippen LogP contribution in [0, 0.1) is 0 Å². The van der Waals surface area contributed by atoms with Gasteiger partial charge in [0.25, 0.3) is 0 Å². The number of phosphoric ester groups is 1.